The van der Waals surface area contributed by atoms with Crippen molar-refractivity contribution in [2.45, 2.75) is 30.4 Å². The first-order chi connectivity index (χ1) is 10.4. The number of halogens is 2. The summed E-state index contributed by atoms with van der Waals surface area (Å²) in [6.07, 6.45) is 1.09. The Morgan fingerprint density at radius 3 is 2.32 bits per heavy atom. The van der Waals surface area contributed by atoms with Gasteiger partial charge in [0.25, 0.3) is 0 Å². The number of carbonyl (C=O) groups excluding carboxylic acids is 1. The van der Waals surface area contributed by atoms with Crippen molar-refractivity contribution in [1.82, 2.24) is 10.6 Å². The Kier molecular flexibility index (Phi) is 7.40. The highest BCUT2D eigenvalue weighted by Gasteiger charge is 2.26. The number of amides is 1. The van der Waals surface area contributed by atoms with Gasteiger partial charge in [0.15, 0.2) is 0 Å². The summed E-state index contributed by atoms with van der Waals surface area (Å²) in [5.74, 6) is -3.65. The normalized spacial score (nSPS) is 11.6. The lowest BCUT2D eigenvalue weighted by Crippen LogP contribution is -2.33. The van der Waals surface area contributed by atoms with E-state index in [1.54, 1.807) is 0 Å². The molecule has 0 saturated carbocycles. The minimum absolute atomic E-state index is 0.0722. The Hall–Kier alpha value is -1.54. The predicted molar refractivity (Wildman–Crippen MR) is 79.5 cm³/mol. The molecule has 0 atom stereocenters. The minimum atomic E-state index is -4.59. The quantitative estimate of drug-likeness (QED) is 0.668. The van der Waals surface area contributed by atoms with Gasteiger partial charge in [0.1, 0.15) is 0 Å². The van der Waals surface area contributed by atoms with Gasteiger partial charge in [-0.15, -0.1) is 0 Å². The molecule has 0 fully saturated rings. The maximum atomic E-state index is 12.4. The van der Waals surface area contributed by atoms with Gasteiger partial charge in [-0.3, -0.25) is 4.79 Å². The average molecular weight is 334 g/mol. The number of hydrogen-bond donors (Lipinski definition) is 2. The van der Waals surface area contributed by atoms with Crippen LogP contribution in [-0.2, 0) is 21.1 Å². The second-order valence-corrected chi connectivity index (χ2v) is 6.64. The molecule has 1 aromatic rings. The molecule has 0 aliphatic heterocycles. The fraction of sp³-hybridized carbons (Fsp3) is 0.500. The van der Waals surface area contributed by atoms with Crippen LogP contribution < -0.4 is 10.6 Å². The molecule has 0 saturated heterocycles. The Morgan fingerprint density at radius 2 is 1.77 bits per heavy atom. The molecule has 2 N–H and O–H groups in total. The Labute approximate surface area is 129 Å². The third-order valence-corrected chi connectivity index (χ3v) is 4.30. The average Bonchev–Trinajstić information content (AvgIpc) is 2.47. The van der Waals surface area contributed by atoms with E-state index in [0.717, 1.165) is 25.1 Å². The van der Waals surface area contributed by atoms with Crippen LogP contribution in [-0.4, -0.2) is 39.7 Å². The first-order valence-corrected chi connectivity index (χ1v) is 8.51. The summed E-state index contributed by atoms with van der Waals surface area (Å²) in [6, 6.07) is 4.91. The highest BCUT2D eigenvalue weighted by Crippen LogP contribution is 2.18. The lowest BCUT2D eigenvalue weighted by molar-refractivity contribution is -0.120. The van der Waals surface area contributed by atoms with Crippen molar-refractivity contribution in [1.29, 1.82) is 0 Å². The van der Waals surface area contributed by atoms with Crippen molar-refractivity contribution in [2.75, 3.05) is 19.6 Å². The summed E-state index contributed by atoms with van der Waals surface area (Å²) < 4.78 is 47.3. The highest BCUT2D eigenvalue weighted by molar-refractivity contribution is 7.91. The molecule has 22 heavy (non-hydrogen) atoms. The minimum Gasteiger partial charge on any atom is -0.355 e. The van der Waals surface area contributed by atoms with Crippen LogP contribution in [0.2, 0.25) is 0 Å². The summed E-state index contributed by atoms with van der Waals surface area (Å²) in [5, 5.41) is 5.85. The van der Waals surface area contributed by atoms with Gasteiger partial charge < -0.3 is 10.6 Å². The summed E-state index contributed by atoms with van der Waals surface area (Å²) >= 11 is 0. The predicted octanol–water partition coefficient (Wildman–Crippen LogP) is 1.34. The molecule has 0 heterocycles. The summed E-state index contributed by atoms with van der Waals surface area (Å²) in [5.41, 5.74) is 0.562. The van der Waals surface area contributed by atoms with E-state index in [9.17, 15) is 22.0 Å². The van der Waals surface area contributed by atoms with Crippen molar-refractivity contribution >= 4 is 15.7 Å². The van der Waals surface area contributed by atoms with Crippen molar-refractivity contribution in [3.63, 3.8) is 0 Å². The zero-order chi connectivity index (χ0) is 16.6. The van der Waals surface area contributed by atoms with Crippen LogP contribution in [0.3, 0.4) is 0 Å². The van der Waals surface area contributed by atoms with Crippen LogP contribution in [0.15, 0.2) is 29.2 Å². The van der Waals surface area contributed by atoms with Gasteiger partial charge in [0.2, 0.25) is 15.7 Å². The molecule has 1 amide bonds. The number of benzene rings is 1. The number of carbonyl (C=O) groups is 1. The van der Waals surface area contributed by atoms with Gasteiger partial charge in [-0.25, -0.2) is 8.42 Å². The van der Waals surface area contributed by atoms with Crippen LogP contribution in [0, 0.1) is 0 Å². The zero-order valence-electron chi connectivity index (χ0n) is 12.3. The molecule has 0 unspecified atom stereocenters. The SMILES string of the molecule is CCCNCCNC(=O)Cc1ccc(S(=O)(=O)C(F)F)cc1. The molecule has 1 aromatic carbocycles. The Morgan fingerprint density at radius 1 is 1.14 bits per heavy atom. The van der Waals surface area contributed by atoms with Gasteiger partial charge in [-0.1, -0.05) is 19.1 Å². The maximum absolute atomic E-state index is 12.4. The number of alkyl halides is 2. The largest absolute Gasteiger partial charge is 0.355 e. The third kappa shape index (κ3) is 5.69. The van der Waals surface area contributed by atoms with E-state index in [0.29, 0.717) is 18.7 Å². The van der Waals surface area contributed by atoms with Crippen LogP contribution in [0.1, 0.15) is 18.9 Å². The topological polar surface area (TPSA) is 75.3 Å². The van der Waals surface area contributed by atoms with E-state index >= 15 is 0 Å². The zero-order valence-corrected chi connectivity index (χ0v) is 13.1. The summed E-state index contributed by atoms with van der Waals surface area (Å²) in [7, 11) is -4.59. The second kappa shape index (κ2) is 8.79. The van der Waals surface area contributed by atoms with Gasteiger partial charge in [-0.05, 0) is 30.7 Å². The second-order valence-electron chi connectivity index (χ2n) is 4.73. The number of hydrogen-bond acceptors (Lipinski definition) is 4. The van der Waals surface area contributed by atoms with E-state index in [-0.39, 0.29) is 12.3 Å². The van der Waals surface area contributed by atoms with Crippen molar-refractivity contribution in [2.24, 2.45) is 0 Å². The number of sulfone groups is 1. The molecule has 0 aromatic heterocycles. The van der Waals surface area contributed by atoms with E-state index in [2.05, 4.69) is 10.6 Å². The van der Waals surface area contributed by atoms with Crippen LogP contribution >= 0.6 is 0 Å². The first-order valence-electron chi connectivity index (χ1n) is 6.96. The number of rotatable bonds is 9. The molecule has 124 valence electrons. The van der Waals surface area contributed by atoms with E-state index in [1.807, 2.05) is 6.92 Å². The number of nitrogens with one attached hydrogen (secondary N) is 2. The summed E-state index contributed by atoms with van der Waals surface area (Å²) in [4.78, 5) is 11.2. The van der Waals surface area contributed by atoms with Crippen LogP contribution in [0.4, 0.5) is 8.78 Å². The fourth-order valence-corrected chi connectivity index (χ4v) is 2.46. The molecule has 0 spiro atoms. The van der Waals surface area contributed by atoms with Crippen LogP contribution in [0.25, 0.3) is 0 Å². The molecular formula is C14H20F2N2O3S. The molecule has 0 radical (unpaired) electrons. The Bertz CT molecular complexity index is 574. The molecule has 5 nitrogen and oxygen atoms in total. The van der Waals surface area contributed by atoms with Crippen LogP contribution in [0.5, 0.6) is 0 Å². The summed E-state index contributed by atoms with van der Waals surface area (Å²) in [6.45, 7) is 4.10. The smallest absolute Gasteiger partial charge is 0.341 e. The van der Waals surface area contributed by atoms with E-state index in [4.69, 9.17) is 0 Å². The van der Waals surface area contributed by atoms with Gasteiger partial charge in [0.05, 0.1) is 11.3 Å². The van der Waals surface area contributed by atoms with Crippen molar-refractivity contribution < 1.29 is 22.0 Å². The van der Waals surface area contributed by atoms with E-state index < -0.39 is 20.5 Å². The van der Waals surface area contributed by atoms with Crippen molar-refractivity contribution in [3.8, 4) is 0 Å². The maximum Gasteiger partial charge on any atom is 0.341 e. The van der Waals surface area contributed by atoms with Crippen molar-refractivity contribution in [3.05, 3.63) is 29.8 Å². The molecule has 0 aliphatic rings. The lowest BCUT2D eigenvalue weighted by atomic mass is 10.1. The third-order valence-electron chi connectivity index (χ3n) is 2.90. The molecule has 1 rings (SSSR count). The van der Waals surface area contributed by atoms with Gasteiger partial charge >= 0.3 is 5.76 Å². The van der Waals surface area contributed by atoms with E-state index in [1.165, 1.54) is 12.1 Å². The molecule has 8 heteroatoms. The van der Waals surface area contributed by atoms with Gasteiger partial charge in [-0.2, -0.15) is 8.78 Å². The first kappa shape index (κ1) is 18.5. The molecule has 0 aliphatic carbocycles. The van der Waals surface area contributed by atoms with Gasteiger partial charge in [0, 0.05) is 13.1 Å². The fourth-order valence-electron chi connectivity index (χ4n) is 1.74. The Balaban J connectivity index is 2.49. The highest BCUT2D eigenvalue weighted by atomic mass is 32.2. The molecule has 0 bridgehead atoms. The molecular weight excluding hydrogens is 314 g/mol. The standard InChI is InChI=1S/C14H20F2N2O3S/c1-2-7-17-8-9-18-13(19)10-11-3-5-12(6-4-11)22(20,21)14(15)16/h3-6,14,17H,2,7-10H2,1H3,(H,18,19). The monoisotopic (exact) mass is 334 g/mol. The lowest BCUT2D eigenvalue weighted by Gasteiger charge is -2.07.